The van der Waals surface area contributed by atoms with Gasteiger partial charge in [-0.1, -0.05) is 62.4 Å². The zero-order chi connectivity index (χ0) is 25.5. The van der Waals surface area contributed by atoms with Gasteiger partial charge in [-0.05, 0) is 34.6 Å². The number of carboxylic acids is 1. The average molecular weight is 481 g/mol. The molecule has 34 heavy (non-hydrogen) atoms. The molecule has 0 fully saturated rings. The maximum Gasteiger partial charge on any atom is 0.490 e. The molecule has 0 bridgehead atoms. The van der Waals surface area contributed by atoms with Gasteiger partial charge in [-0.25, -0.2) is 15.4 Å². The highest BCUT2D eigenvalue weighted by Gasteiger charge is 2.38. The van der Waals surface area contributed by atoms with Crippen LogP contribution in [0.15, 0.2) is 48.5 Å². The van der Waals surface area contributed by atoms with E-state index in [2.05, 4.69) is 35.0 Å². The van der Waals surface area contributed by atoms with E-state index in [9.17, 15) is 22.8 Å². The van der Waals surface area contributed by atoms with Crippen molar-refractivity contribution in [1.82, 2.24) is 10.7 Å². The lowest BCUT2D eigenvalue weighted by molar-refractivity contribution is -0.192. The molecule has 3 rings (SSSR count). The molecule has 1 atom stereocenters. The number of benzene rings is 2. The van der Waals surface area contributed by atoms with Gasteiger partial charge in [0.2, 0.25) is 0 Å². The lowest BCUT2D eigenvalue weighted by atomic mass is 9.98. The number of carboxylic acid groups (broad SMARTS) is 1. The van der Waals surface area contributed by atoms with Crippen molar-refractivity contribution in [3.8, 4) is 11.1 Å². The van der Waals surface area contributed by atoms with Crippen molar-refractivity contribution < 1.29 is 37.4 Å². The number of nitrogens with two attached hydrogens (primary N) is 1. The minimum absolute atomic E-state index is 0.0185. The van der Waals surface area contributed by atoms with Crippen LogP contribution in [0.1, 0.15) is 37.3 Å². The van der Waals surface area contributed by atoms with E-state index in [1.54, 1.807) is 0 Å². The first-order chi connectivity index (χ1) is 16.0. The first-order valence-corrected chi connectivity index (χ1v) is 10.4. The van der Waals surface area contributed by atoms with Crippen molar-refractivity contribution in [3.63, 3.8) is 0 Å². The van der Waals surface area contributed by atoms with E-state index in [4.69, 9.17) is 20.5 Å². The van der Waals surface area contributed by atoms with Gasteiger partial charge in [0.15, 0.2) is 0 Å². The summed E-state index contributed by atoms with van der Waals surface area (Å²) in [6.07, 6.45) is -5.22. The zero-order valence-electron chi connectivity index (χ0n) is 18.6. The van der Waals surface area contributed by atoms with Crippen molar-refractivity contribution in [1.29, 1.82) is 0 Å². The third kappa shape index (κ3) is 6.95. The highest BCUT2D eigenvalue weighted by atomic mass is 19.4. The van der Waals surface area contributed by atoms with Gasteiger partial charge >= 0.3 is 18.2 Å². The van der Waals surface area contributed by atoms with Crippen LogP contribution < -0.4 is 16.6 Å². The van der Waals surface area contributed by atoms with Gasteiger partial charge in [0, 0.05) is 5.92 Å². The Bertz CT molecular complexity index is 981. The Hall–Kier alpha value is -3.60. The fourth-order valence-electron chi connectivity index (χ4n) is 3.59. The molecule has 8 nitrogen and oxygen atoms in total. The maximum absolute atomic E-state index is 12.3. The van der Waals surface area contributed by atoms with E-state index >= 15 is 0 Å². The highest BCUT2D eigenvalue weighted by molar-refractivity contribution is 5.85. The van der Waals surface area contributed by atoms with Gasteiger partial charge in [-0.2, -0.15) is 13.2 Å². The summed E-state index contributed by atoms with van der Waals surface area (Å²) < 4.78 is 37.2. The van der Waals surface area contributed by atoms with E-state index in [0.717, 1.165) is 11.1 Å². The van der Waals surface area contributed by atoms with Crippen LogP contribution in [0, 0.1) is 5.92 Å². The number of hydrazine groups is 1. The van der Waals surface area contributed by atoms with Gasteiger partial charge in [0.05, 0.1) is 0 Å². The molecule has 0 heterocycles. The second-order valence-corrected chi connectivity index (χ2v) is 7.96. The van der Waals surface area contributed by atoms with Gasteiger partial charge in [-0.3, -0.25) is 10.2 Å². The summed E-state index contributed by atoms with van der Waals surface area (Å²) in [5.41, 5.74) is 6.71. The third-order valence-electron chi connectivity index (χ3n) is 5.04. The maximum atomic E-state index is 12.3. The molecule has 0 saturated heterocycles. The molecule has 2 aromatic rings. The average Bonchev–Trinajstić information content (AvgIpc) is 3.10. The largest absolute Gasteiger partial charge is 0.490 e. The molecule has 184 valence electrons. The van der Waals surface area contributed by atoms with Crippen LogP contribution in [-0.2, 0) is 14.3 Å². The summed E-state index contributed by atoms with van der Waals surface area (Å²) in [4.78, 5) is 33.0. The molecule has 1 aliphatic carbocycles. The summed E-state index contributed by atoms with van der Waals surface area (Å²) >= 11 is 0. The number of ether oxygens (including phenoxy) is 1. The van der Waals surface area contributed by atoms with Crippen LogP contribution in [0.3, 0.4) is 0 Å². The molecule has 0 aliphatic heterocycles. The molecular formula is C23H26F3N3O5. The van der Waals surface area contributed by atoms with Crippen LogP contribution in [0.5, 0.6) is 0 Å². The predicted octanol–water partition coefficient (Wildman–Crippen LogP) is 3.56. The smallest absolute Gasteiger partial charge is 0.475 e. The van der Waals surface area contributed by atoms with Crippen molar-refractivity contribution in [2.24, 2.45) is 11.8 Å². The number of halogens is 3. The normalized spacial score (nSPS) is 13.1. The lowest BCUT2D eigenvalue weighted by Crippen LogP contribution is -2.49. The second kappa shape index (κ2) is 11.5. The molecule has 0 unspecified atom stereocenters. The number of rotatable bonds is 6. The number of carbonyl (C=O) groups excluding carboxylic acids is 2. The number of alkyl halides is 3. The minimum atomic E-state index is -5.08. The van der Waals surface area contributed by atoms with Crippen LogP contribution in [0.2, 0.25) is 0 Å². The fraction of sp³-hybridized carbons (Fsp3) is 0.348. The Morgan fingerprint density at radius 2 is 1.50 bits per heavy atom. The second-order valence-electron chi connectivity index (χ2n) is 7.96. The van der Waals surface area contributed by atoms with Crippen LogP contribution in [0.25, 0.3) is 11.1 Å². The highest BCUT2D eigenvalue weighted by Crippen LogP contribution is 2.44. The minimum Gasteiger partial charge on any atom is -0.475 e. The van der Waals surface area contributed by atoms with Gasteiger partial charge in [-0.15, -0.1) is 0 Å². The number of aliphatic carboxylic acids is 1. The molecule has 2 aromatic carbocycles. The van der Waals surface area contributed by atoms with E-state index in [0.29, 0.717) is 6.42 Å². The quantitative estimate of drug-likeness (QED) is 0.284. The first kappa shape index (κ1) is 26.7. The van der Waals surface area contributed by atoms with Crippen LogP contribution in [0.4, 0.5) is 18.0 Å². The predicted molar refractivity (Wildman–Crippen MR) is 117 cm³/mol. The fourth-order valence-corrected chi connectivity index (χ4v) is 3.59. The molecule has 1 aliphatic rings. The number of hydrogen-bond acceptors (Lipinski definition) is 5. The van der Waals surface area contributed by atoms with Gasteiger partial charge in [0.1, 0.15) is 12.6 Å². The lowest BCUT2D eigenvalue weighted by Gasteiger charge is -2.20. The summed E-state index contributed by atoms with van der Waals surface area (Å²) in [6, 6.07) is 15.6. The topological polar surface area (TPSA) is 131 Å². The Morgan fingerprint density at radius 3 is 1.91 bits per heavy atom. The third-order valence-corrected chi connectivity index (χ3v) is 5.04. The summed E-state index contributed by atoms with van der Waals surface area (Å²) in [7, 11) is 0. The van der Waals surface area contributed by atoms with Crippen LogP contribution >= 0.6 is 0 Å². The number of fused-ring (bicyclic) bond motifs is 3. The molecule has 2 amide bonds. The molecule has 0 saturated carbocycles. The summed E-state index contributed by atoms with van der Waals surface area (Å²) in [6.45, 7) is 4.14. The monoisotopic (exact) mass is 481 g/mol. The van der Waals surface area contributed by atoms with E-state index in [1.165, 1.54) is 11.1 Å². The van der Waals surface area contributed by atoms with E-state index in [-0.39, 0.29) is 18.4 Å². The first-order valence-electron chi connectivity index (χ1n) is 10.4. The Balaban J connectivity index is 0.000000509. The molecule has 5 N–H and O–H groups in total. The number of nitrogens with one attached hydrogen (secondary N) is 2. The van der Waals surface area contributed by atoms with Crippen LogP contribution in [-0.4, -0.2) is 41.9 Å². The van der Waals surface area contributed by atoms with Crippen molar-refractivity contribution in [3.05, 3.63) is 59.7 Å². The SMILES string of the molecule is CC(C)C[C@H](NC(=O)OCC1c2ccccc2-c2ccccc21)C(=O)NN.O=C(O)C(F)(F)F. The number of hydrogen-bond donors (Lipinski definition) is 4. The van der Waals surface area contributed by atoms with Crippen molar-refractivity contribution in [2.75, 3.05) is 6.61 Å². The van der Waals surface area contributed by atoms with Gasteiger partial charge < -0.3 is 15.2 Å². The number of alkyl carbamates (subject to hydrolysis) is 1. The zero-order valence-corrected chi connectivity index (χ0v) is 18.6. The Kier molecular flexibility index (Phi) is 9.02. The number of amides is 2. The summed E-state index contributed by atoms with van der Waals surface area (Å²) in [5, 5.41) is 9.74. The standard InChI is InChI=1S/C21H25N3O3.C2HF3O2/c1-13(2)11-19(20(25)24-22)23-21(26)27-12-18-16-9-5-3-7-14(16)15-8-4-6-10-17(15)18;3-2(4,5)1(6)7/h3-10,13,18-19H,11-12,22H2,1-2H3,(H,23,26)(H,24,25);(H,6,7)/t19-;/m0./s1. The van der Waals surface area contributed by atoms with Gasteiger partial charge in [0.25, 0.3) is 5.91 Å². The van der Waals surface area contributed by atoms with Crippen molar-refractivity contribution in [2.45, 2.75) is 38.4 Å². The van der Waals surface area contributed by atoms with E-state index < -0.39 is 30.2 Å². The Morgan fingerprint density at radius 1 is 1.03 bits per heavy atom. The Labute approximate surface area is 194 Å². The summed E-state index contributed by atoms with van der Waals surface area (Å²) in [5.74, 6) is 2.23. The molecule has 0 radical (unpaired) electrons. The van der Waals surface area contributed by atoms with E-state index in [1.807, 2.05) is 38.1 Å². The molecular weight excluding hydrogens is 455 g/mol. The molecule has 11 heteroatoms. The molecule has 0 aromatic heterocycles. The van der Waals surface area contributed by atoms with Crippen molar-refractivity contribution >= 4 is 18.0 Å². The number of carbonyl (C=O) groups is 3. The molecule has 0 spiro atoms.